The number of rotatable bonds is 12. The molecule has 1 heterocycles. The Labute approximate surface area is 277 Å². The Morgan fingerprint density at radius 3 is 2.05 bits per heavy atom. The first kappa shape index (κ1) is 43.2. The highest BCUT2D eigenvalue weighted by molar-refractivity contribution is 5.99. The number of carbonyl (C=O) groups is 3. The zero-order valence-corrected chi connectivity index (χ0v) is 26.2. The van der Waals surface area contributed by atoms with Gasteiger partial charge in [0.05, 0.1) is 35.4 Å². The molecule has 17 heteroatoms. The summed E-state index contributed by atoms with van der Waals surface area (Å²) < 4.78 is 39.0. The number of para-hydroxylation sites is 1. The van der Waals surface area contributed by atoms with Crippen molar-refractivity contribution in [2.24, 2.45) is 17.2 Å². The van der Waals surface area contributed by atoms with Gasteiger partial charge in [0.15, 0.2) is 0 Å². The van der Waals surface area contributed by atoms with Gasteiger partial charge >= 0.3 is 6.18 Å². The van der Waals surface area contributed by atoms with Crippen LogP contribution in [0.25, 0.3) is 10.9 Å². The normalized spacial score (nSPS) is 11.8. The molecule has 3 rings (SSSR count). The van der Waals surface area contributed by atoms with Crippen molar-refractivity contribution in [1.29, 1.82) is 0 Å². The van der Waals surface area contributed by atoms with Gasteiger partial charge in [0, 0.05) is 38.0 Å². The number of nitrogens with zero attached hydrogens (tertiary/aromatic N) is 2. The van der Waals surface area contributed by atoms with Crippen LogP contribution in [-0.4, -0.2) is 65.9 Å². The minimum absolute atomic E-state index is 0. The van der Waals surface area contributed by atoms with Gasteiger partial charge in [-0.15, -0.1) is 0 Å². The molecule has 0 aliphatic rings. The van der Waals surface area contributed by atoms with Crippen molar-refractivity contribution in [3.63, 3.8) is 0 Å². The lowest BCUT2D eigenvalue weighted by molar-refractivity contribution is -0.137. The van der Waals surface area contributed by atoms with Crippen LogP contribution in [0.3, 0.4) is 0 Å². The third-order valence-electron chi connectivity index (χ3n) is 6.09. The van der Waals surface area contributed by atoms with Crippen molar-refractivity contribution in [1.82, 2.24) is 15.2 Å². The summed E-state index contributed by atoms with van der Waals surface area (Å²) in [4.78, 5) is 44.5. The van der Waals surface area contributed by atoms with Crippen LogP contribution in [-0.2, 0) is 27.0 Å². The minimum atomic E-state index is -4.52. The summed E-state index contributed by atoms with van der Waals surface area (Å²) in [6, 6.07) is 10.7. The van der Waals surface area contributed by atoms with E-state index in [0.717, 1.165) is 17.5 Å². The molecule has 2 aromatic carbocycles. The van der Waals surface area contributed by atoms with Gasteiger partial charge in [-0.05, 0) is 29.8 Å². The number of anilines is 1. The molecule has 0 aliphatic carbocycles. The van der Waals surface area contributed by atoms with Gasteiger partial charge in [0.1, 0.15) is 6.04 Å². The fourth-order valence-corrected chi connectivity index (χ4v) is 4.01. The van der Waals surface area contributed by atoms with E-state index in [1.165, 1.54) is 23.2 Å². The van der Waals surface area contributed by atoms with Crippen LogP contribution < -0.4 is 77.5 Å². The average Bonchev–Trinajstić information content (AvgIpc) is 2.92. The second-order valence-corrected chi connectivity index (χ2v) is 9.13. The highest BCUT2D eigenvalue weighted by Crippen LogP contribution is 2.29. The van der Waals surface area contributed by atoms with E-state index in [9.17, 15) is 27.6 Å². The largest absolute Gasteiger partial charge is 1.00 e. The molecule has 8 N–H and O–H groups in total. The Kier molecular flexibility index (Phi) is 19.8. The average molecular weight is 701 g/mol. The maximum atomic E-state index is 13.3. The lowest BCUT2D eigenvalue weighted by atomic mass is 10.0. The fraction of sp³-hybridized carbons (Fsp3) is 0.333. The van der Waals surface area contributed by atoms with Crippen molar-refractivity contribution in [2.75, 3.05) is 31.5 Å². The highest BCUT2D eigenvalue weighted by Gasteiger charge is 2.31. The second-order valence-electron chi connectivity index (χ2n) is 9.13. The van der Waals surface area contributed by atoms with Crippen LogP contribution in [0, 0.1) is 0 Å². The third kappa shape index (κ3) is 12.6. The number of nitrogens with one attached hydrogen (secondary N) is 2. The Morgan fingerprint density at radius 1 is 0.886 bits per heavy atom. The smallest absolute Gasteiger partial charge is 0.416 e. The first-order chi connectivity index (χ1) is 19.0. The Morgan fingerprint density at radius 2 is 1.48 bits per heavy atom. The van der Waals surface area contributed by atoms with Gasteiger partial charge in [-0.2, -0.15) is 13.2 Å². The van der Waals surface area contributed by atoms with Crippen LogP contribution in [0.5, 0.6) is 0 Å². The number of nitrogens with two attached hydrogens (primary N) is 3. The zero-order valence-electron chi connectivity index (χ0n) is 23.2. The van der Waals surface area contributed by atoms with E-state index in [2.05, 4.69) is 15.6 Å². The first-order valence-corrected chi connectivity index (χ1v) is 12.6. The summed E-state index contributed by atoms with van der Waals surface area (Å²) in [6.07, 6.45) is -3.56. The van der Waals surface area contributed by atoms with Gasteiger partial charge in [0.25, 0.3) is 0 Å². The number of alkyl halides is 3. The third-order valence-corrected chi connectivity index (χ3v) is 6.09. The predicted molar refractivity (Wildman–Crippen MR) is 145 cm³/mol. The number of carbonyl (C=O) groups excluding carboxylic acids is 3. The van der Waals surface area contributed by atoms with Gasteiger partial charge in [-0.3, -0.25) is 19.4 Å². The van der Waals surface area contributed by atoms with E-state index in [0.29, 0.717) is 16.8 Å². The van der Waals surface area contributed by atoms with E-state index in [1.54, 1.807) is 12.1 Å². The molecule has 3 aromatic rings. The Hall–Kier alpha value is -2.91. The summed E-state index contributed by atoms with van der Waals surface area (Å²) in [5.74, 6) is -1.85. The molecule has 0 saturated carbocycles. The van der Waals surface area contributed by atoms with Crippen molar-refractivity contribution in [3.8, 4) is 0 Å². The Bertz CT molecular complexity index is 1330. The SMILES string of the molecule is NCCN(CCN)C(=O)C[C@H](N)C(=O)N[C@H](Cc1ccc(C(F)(F)F)cc1)C(=O)Nc1cnc2ccccc2c1.[Cl-].[Cl-].[Cl-].[Cl-]. The van der Waals surface area contributed by atoms with Crippen molar-refractivity contribution in [2.45, 2.75) is 31.1 Å². The predicted octanol–water partition coefficient (Wildman–Crippen LogP) is -10.6. The molecule has 0 aliphatic heterocycles. The molecule has 1 aromatic heterocycles. The van der Waals surface area contributed by atoms with Gasteiger partial charge < -0.3 is 82.4 Å². The van der Waals surface area contributed by atoms with E-state index in [1.807, 2.05) is 18.2 Å². The standard InChI is InChI=1S/C27H32F3N7O3.4ClH/c28-27(29,30)19-7-5-17(6-8-19)13-23(26(40)35-20-14-18-3-1-2-4-22(18)34-16-20)36-25(39)21(33)15-24(38)37(11-9-31)12-10-32;;;;/h1-8,14,16,21,23H,9-13,15,31-33H2,(H,35,40)(H,36,39);4*1H/p-4/t21-,23+;;;;/m0..../s1. The lowest BCUT2D eigenvalue weighted by Crippen LogP contribution is -3.00. The molecule has 0 unspecified atom stereocenters. The second kappa shape index (κ2) is 20.2. The van der Waals surface area contributed by atoms with Crippen LogP contribution >= 0.6 is 0 Å². The zero-order chi connectivity index (χ0) is 29.3. The number of hydrogen-bond acceptors (Lipinski definition) is 7. The lowest BCUT2D eigenvalue weighted by Gasteiger charge is -2.24. The van der Waals surface area contributed by atoms with Crippen molar-refractivity contribution >= 4 is 34.3 Å². The maximum Gasteiger partial charge on any atom is 0.416 e. The van der Waals surface area contributed by atoms with Crippen LogP contribution in [0.15, 0.2) is 60.8 Å². The van der Waals surface area contributed by atoms with Crippen LogP contribution in [0.1, 0.15) is 17.5 Å². The monoisotopic (exact) mass is 699 g/mol. The van der Waals surface area contributed by atoms with Crippen molar-refractivity contribution < 1.29 is 77.2 Å². The molecule has 0 spiro atoms. The molecule has 10 nitrogen and oxygen atoms in total. The number of benzene rings is 2. The molecule has 0 radical (unpaired) electrons. The number of aromatic nitrogens is 1. The van der Waals surface area contributed by atoms with E-state index >= 15 is 0 Å². The van der Waals surface area contributed by atoms with Crippen LogP contribution in [0.2, 0.25) is 0 Å². The molecular weight excluding hydrogens is 669 g/mol. The van der Waals surface area contributed by atoms with Crippen molar-refractivity contribution in [3.05, 3.63) is 71.9 Å². The number of hydrogen-bond donors (Lipinski definition) is 5. The number of fused-ring (bicyclic) bond motifs is 1. The maximum absolute atomic E-state index is 13.3. The van der Waals surface area contributed by atoms with Crippen LogP contribution in [0.4, 0.5) is 18.9 Å². The van der Waals surface area contributed by atoms with Gasteiger partial charge in [-0.1, -0.05) is 30.3 Å². The molecule has 0 bridgehead atoms. The minimum Gasteiger partial charge on any atom is -1.00 e. The number of halogens is 7. The number of pyridine rings is 1. The van der Waals surface area contributed by atoms with Gasteiger partial charge in [-0.25, -0.2) is 0 Å². The molecule has 3 amide bonds. The molecule has 246 valence electrons. The fourth-order valence-electron chi connectivity index (χ4n) is 4.01. The van der Waals surface area contributed by atoms with E-state index < -0.39 is 41.5 Å². The summed E-state index contributed by atoms with van der Waals surface area (Å²) >= 11 is 0. The summed E-state index contributed by atoms with van der Waals surface area (Å²) in [5.41, 5.74) is 17.6. The van der Waals surface area contributed by atoms with Gasteiger partial charge in [0.2, 0.25) is 17.7 Å². The quantitative estimate of drug-likeness (QED) is 0.125. The summed E-state index contributed by atoms with van der Waals surface area (Å²) in [6.45, 7) is 0.880. The molecular formula is C27H32Cl4F3N7O3-4. The topological polar surface area (TPSA) is 169 Å². The molecule has 0 fully saturated rings. The number of amides is 3. The highest BCUT2D eigenvalue weighted by atomic mass is 35.5. The Balaban J connectivity index is 0. The first-order valence-electron chi connectivity index (χ1n) is 12.6. The van der Waals surface area contributed by atoms with E-state index in [-0.39, 0.29) is 88.6 Å². The molecule has 44 heavy (non-hydrogen) atoms. The molecule has 0 saturated heterocycles. The summed E-state index contributed by atoms with van der Waals surface area (Å²) in [5, 5.41) is 5.99. The summed E-state index contributed by atoms with van der Waals surface area (Å²) in [7, 11) is 0. The molecule has 2 atom stereocenters. The van der Waals surface area contributed by atoms with E-state index in [4.69, 9.17) is 17.2 Å².